The maximum Gasteiger partial charge on any atom is 0.474 e. The number of carbonyl (C=O) groups is 2. The van der Waals surface area contributed by atoms with Gasteiger partial charge in [0.15, 0.2) is 27.6 Å². The normalized spacial score (nSPS) is 23.7. The molecule has 17 heteroatoms. The standard InChI is InChI=1S/C21H31N4O10PS2/c1-5-31-19-16-18(22-11-23-19)25(12-24-16)20-21(4,29)17(28)15(35-20)10-34-36(30,32-6-8-37-13(2)26)33-7-9-38-14(3)27/h11-12,15,17,20,28-29H,5-10H2,1-4H3/t15-,17-,20?,21-/m1/s1. The number of aromatic nitrogens is 4. The number of rotatable bonds is 14. The molecule has 0 aliphatic carbocycles. The number of phosphoric acid groups is 1. The fourth-order valence-corrected chi connectivity index (χ4v) is 5.91. The zero-order valence-corrected chi connectivity index (χ0v) is 23.9. The molecule has 2 aromatic heterocycles. The lowest BCUT2D eigenvalue weighted by Crippen LogP contribution is -2.44. The summed E-state index contributed by atoms with van der Waals surface area (Å²) < 4.78 is 42.1. The van der Waals surface area contributed by atoms with Crippen LogP contribution in [-0.4, -0.2) is 95.7 Å². The second-order valence-corrected chi connectivity index (χ2v) is 12.4. The molecule has 1 aliphatic rings. The van der Waals surface area contributed by atoms with E-state index in [0.29, 0.717) is 17.8 Å². The van der Waals surface area contributed by atoms with E-state index in [9.17, 15) is 24.4 Å². The maximum absolute atomic E-state index is 13.2. The van der Waals surface area contributed by atoms with Gasteiger partial charge in [-0.1, -0.05) is 23.5 Å². The summed E-state index contributed by atoms with van der Waals surface area (Å²) >= 11 is 1.96. The molecule has 1 fully saturated rings. The molecule has 2 N–H and O–H groups in total. The van der Waals surface area contributed by atoms with Crippen molar-refractivity contribution in [3.63, 3.8) is 0 Å². The summed E-state index contributed by atoms with van der Waals surface area (Å²) in [6.45, 7) is 5.64. The molecule has 0 amide bonds. The molecule has 212 valence electrons. The van der Waals surface area contributed by atoms with Crippen LogP contribution in [0.15, 0.2) is 12.7 Å². The van der Waals surface area contributed by atoms with Gasteiger partial charge in [0.2, 0.25) is 5.88 Å². The number of fused-ring (bicyclic) bond motifs is 1. The fourth-order valence-electron chi connectivity index (χ4n) is 3.57. The highest BCUT2D eigenvalue weighted by Gasteiger charge is 2.54. The number of aliphatic hydroxyl groups is 2. The van der Waals surface area contributed by atoms with E-state index in [1.807, 2.05) is 0 Å². The Morgan fingerprint density at radius 1 is 1.13 bits per heavy atom. The number of hydrogen-bond donors (Lipinski definition) is 2. The SMILES string of the molecule is CCOc1ncnc2c1ncn2C1O[C@H](COP(=O)(OCCSC(C)=O)OCCSC(C)=O)[C@@H](O)[C@@]1(C)O. The lowest BCUT2D eigenvalue weighted by atomic mass is 9.96. The minimum absolute atomic E-state index is 0.112. The molecule has 0 saturated carbocycles. The van der Waals surface area contributed by atoms with Crippen molar-refractivity contribution in [3.05, 3.63) is 12.7 Å². The van der Waals surface area contributed by atoms with Crippen molar-refractivity contribution in [1.82, 2.24) is 19.5 Å². The lowest BCUT2D eigenvalue weighted by Gasteiger charge is -2.27. The fraction of sp³-hybridized carbons (Fsp3) is 0.667. The van der Waals surface area contributed by atoms with Crippen LogP contribution in [-0.2, 0) is 32.5 Å². The Hall–Kier alpha value is -1.62. The lowest BCUT2D eigenvalue weighted by molar-refractivity contribution is -0.109. The van der Waals surface area contributed by atoms with Crippen LogP contribution in [0.5, 0.6) is 5.88 Å². The highest BCUT2D eigenvalue weighted by Crippen LogP contribution is 2.51. The Labute approximate surface area is 227 Å². The molecule has 0 bridgehead atoms. The zero-order valence-electron chi connectivity index (χ0n) is 21.3. The Morgan fingerprint density at radius 3 is 2.34 bits per heavy atom. The van der Waals surface area contributed by atoms with E-state index in [1.54, 1.807) is 6.92 Å². The van der Waals surface area contributed by atoms with Crippen LogP contribution >= 0.6 is 31.3 Å². The second kappa shape index (κ2) is 13.6. The van der Waals surface area contributed by atoms with Gasteiger partial charge in [0, 0.05) is 25.4 Å². The van der Waals surface area contributed by atoms with Gasteiger partial charge in [-0.25, -0.2) is 14.5 Å². The number of hydrogen-bond acceptors (Lipinski definition) is 15. The van der Waals surface area contributed by atoms with Crippen molar-refractivity contribution in [2.75, 3.05) is 37.9 Å². The number of imidazole rings is 1. The third kappa shape index (κ3) is 7.73. The number of carbonyl (C=O) groups excluding carboxylic acids is 2. The predicted octanol–water partition coefficient (Wildman–Crippen LogP) is 1.95. The molecule has 0 spiro atoms. The summed E-state index contributed by atoms with van der Waals surface area (Å²) in [6.07, 6.45) is -1.08. The third-order valence-electron chi connectivity index (χ3n) is 5.29. The van der Waals surface area contributed by atoms with Crippen LogP contribution in [0.1, 0.15) is 33.9 Å². The smallest absolute Gasteiger partial charge is 0.474 e. The molecule has 14 nitrogen and oxygen atoms in total. The van der Waals surface area contributed by atoms with E-state index < -0.39 is 38.5 Å². The number of ether oxygens (including phenoxy) is 2. The Kier molecular flexibility index (Phi) is 11.1. The van der Waals surface area contributed by atoms with Crippen LogP contribution in [0.4, 0.5) is 0 Å². The monoisotopic (exact) mass is 594 g/mol. The van der Waals surface area contributed by atoms with Gasteiger partial charge in [-0.3, -0.25) is 27.7 Å². The van der Waals surface area contributed by atoms with Crippen molar-refractivity contribution in [2.24, 2.45) is 0 Å². The molecule has 0 radical (unpaired) electrons. The average Bonchev–Trinajstić information content (AvgIpc) is 3.38. The van der Waals surface area contributed by atoms with Gasteiger partial charge in [-0.2, -0.15) is 4.98 Å². The molecule has 38 heavy (non-hydrogen) atoms. The minimum atomic E-state index is -4.17. The maximum atomic E-state index is 13.2. The molecule has 2 aromatic rings. The first kappa shape index (κ1) is 30.9. The van der Waals surface area contributed by atoms with E-state index in [0.717, 1.165) is 23.5 Å². The van der Waals surface area contributed by atoms with Crippen molar-refractivity contribution in [2.45, 2.75) is 51.7 Å². The largest absolute Gasteiger partial charge is 0.476 e. The van der Waals surface area contributed by atoms with Crippen LogP contribution in [0.2, 0.25) is 0 Å². The summed E-state index contributed by atoms with van der Waals surface area (Å²) in [6, 6.07) is 0. The van der Waals surface area contributed by atoms with Crippen molar-refractivity contribution in [1.29, 1.82) is 0 Å². The molecule has 1 saturated heterocycles. The predicted molar refractivity (Wildman–Crippen MR) is 139 cm³/mol. The first-order valence-electron chi connectivity index (χ1n) is 11.6. The van der Waals surface area contributed by atoms with E-state index in [4.69, 9.17) is 23.0 Å². The summed E-state index contributed by atoms with van der Waals surface area (Å²) in [5, 5.41) is 21.7. The van der Waals surface area contributed by atoms with Gasteiger partial charge in [0.1, 0.15) is 24.1 Å². The summed E-state index contributed by atoms with van der Waals surface area (Å²) in [5.41, 5.74) is -1.16. The second-order valence-electron chi connectivity index (χ2n) is 8.22. The molecular formula is C21H31N4O10PS2. The van der Waals surface area contributed by atoms with E-state index in [2.05, 4.69) is 15.0 Å². The van der Waals surface area contributed by atoms with Crippen LogP contribution in [0, 0.1) is 0 Å². The van der Waals surface area contributed by atoms with E-state index >= 15 is 0 Å². The minimum Gasteiger partial charge on any atom is -0.476 e. The molecule has 0 aromatic carbocycles. The Morgan fingerprint density at radius 2 is 1.76 bits per heavy atom. The first-order chi connectivity index (χ1) is 18.0. The number of phosphoric ester groups is 1. The number of thioether (sulfide) groups is 2. The van der Waals surface area contributed by atoms with Crippen LogP contribution in [0.3, 0.4) is 0 Å². The summed E-state index contributed by atoms with van der Waals surface area (Å²) in [4.78, 5) is 34.8. The topological polar surface area (TPSA) is 181 Å². The van der Waals surface area contributed by atoms with Gasteiger partial charge < -0.3 is 19.7 Å². The van der Waals surface area contributed by atoms with Gasteiger partial charge in [-0.05, 0) is 13.8 Å². The van der Waals surface area contributed by atoms with Gasteiger partial charge >= 0.3 is 7.82 Å². The quantitative estimate of drug-likeness (QED) is 0.239. The molecular weight excluding hydrogens is 563 g/mol. The molecule has 1 aliphatic heterocycles. The summed E-state index contributed by atoms with van der Waals surface area (Å²) in [7, 11) is -4.17. The average molecular weight is 595 g/mol. The van der Waals surface area contributed by atoms with Crippen molar-refractivity contribution >= 4 is 52.7 Å². The van der Waals surface area contributed by atoms with Crippen molar-refractivity contribution < 1.29 is 47.4 Å². The third-order valence-corrected chi connectivity index (χ3v) is 8.30. The highest BCUT2D eigenvalue weighted by molar-refractivity contribution is 8.13. The van der Waals surface area contributed by atoms with Gasteiger partial charge in [0.05, 0.1) is 32.8 Å². The van der Waals surface area contributed by atoms with Gasteiger partial charge in [-0.15, -0.1) is 0 Å². The highest BCUT2D eigenvalue weighted by atomic mass is 32.2. The van der Waals surface area contributed by atoms with E-state index in [-0.39, 0.29) is 40.8 Å². The molecule has 4 atom stereocenters. The number of nitrogens with zero attached hydrogens (tertiary/aromatic N) is 4. The molecule has 3 rings (SSSR count). The number of aliphatic hydroxyl groups excluding tert-OH is 1. The first-order valence-corrected chi connectivity index (χ1v) is 15.1. The summed E-state index contributed by atoms with van der Waals surface area (Å²) in [5.74, 6) is 0.690. The van der Waals surface area contributed by atoms with Crippen LogP contribution in [0.25, 0.3) is 11.2 Å². The Balaban J connectivity index is 1.72. The van der Waals surface area contributed by atoms with Crippen molar-refractivity contribution in [3.8, 4) is 5.88 Å². The molecule has 3 heterocycles. The van der Waals surface area contributed by atoms with E-state index in [1.165, 1.54) is 38.0 Å². The Bertz CT molecular complexity index is 1140. The van der Waals surface area contributed by atoms with Gasteiger partial charge in [0.25, 0.3) is 0 Å². The molecule has 1 unspecified atom stereocenters. The van der Waals surface area contributed by atoms with Crippen LogP contribution < -0.4 is 4.74 Å². The zero-order chi connectivity index (χ0) is 27.9.